The molecule has 0 spiro atoms. The third-order valence-electron chi connectivity index (χ3n) is 4.17. The van der Waals surface area contributed by atoms with Gasteiger partial charge in [-0.3, -0.25) is 4.79 Å². The fraction of sp³-hybridized carbons (Fsp3) is 0.333. The van der Waals surface area contributed by atoms with Gasteiger partial charge < -0.3 is 19.6 Å². The Labute approximate surface area is 139 Å². The normalized spacial score (nSPS) is 15.2. The molecule has 0 aliphatic heterocycles. The molecule has 1 amide bonds. The number of hydrogen-bond donors (Lipinski definition) is 2. The molecule has 1 saturated carbocycles. The molecule has 1 fully saturated rings. The van der Waals surface area contributed by atoms with E-state index >= 15 is 0 Å². The Bertz CT molecular complexity index is 771. The summed E-state index contributed by atoms with van der Waals surface area (Å²) in [5.41, 5.74) is 0.332. The van der Waals surface area contributed by atoms with E-state index in [9.17, 15) is 9.90 Å². The minimum absolute atomic E-state index is 0.151. The van der Waals surface area contributed by atoms with Crippen molar-refractivity contribution >= 4 is 5.91 Å². The zero-order valence-electron chi connectivity index (χ0n) is 13.1. The number of benzene rings is 1. The minimum Gasteiger partial charge on any atom is -0.489 e. The number of rotatable bonds is 6. The van der Waals surface area contributed by atoms with Crippen LogP contribution in [0.5, 0.6) is 5.75 Å². The number of nitrogens with zero attached hydrogens (tertiary/aromatic N) is 1. The van der Waals surface area contributed by atoms with Crippen molar-refractivity contribution in [3.05, 3.63) is 53.5 Å². The SMILES string of the molecule is N#Cc1cccc(OCc2ccoc2C(=O)NCC2(O)CCC2)c1. The average Bonchev–Trinajstić information content (AvgIpc) is 3.05. The lowest BCUT2D eigenvalue weighted by atomic mass is 9.80. The van der Waals surface area contributed by atoms with Crippen molar-refractivity contribution in [3.63, 3.8) is 0 Å². The molecule has 0 atom stereocenters. The summed E-state index contributed by atoms with van der Waals surface area (Å²) in [6.45, 7) is 0.370. The van der Waals surface area contributed by atoms with Gasteiger partial charge in [0, 0.05) is 12.1 Å². The summed E-state index contributed by atoms with van der Waals surface area (Å²) < 4.78 is 10.9. The van der Waals surface area contributed by atoms with E-state index in [1.807, 2.05) is 6.07 Å². The molecule has 2 N–H and O–H groups in total. The van der Waals surface area contributed by atoms with Gasteiger partial charge in [-0.15, -0.1) is 0 Å². The molecule has 6 heteroatoms. The summed E-state index contributed by atoms with van der Waals surface area (Å²) >= 11 is 0. The maximum atomic E-state index is 12.2. The van der Waals surface area contributed by atoms with Crippen LogP contribution in [0.3, 0.4) is 0 Å². The Hall–Kier alpha value is -2.78. The summed E-state index contributed by atoms with van der Waals surface area (Å²) in [6, 6.07) is 10.5. The first-order valence-corrected chi connectivity index (χ1v) is 7.80. The lowest BCUT2D eigenvalue weighted by Gasteiger charge is -2.36. The molecule has 0 bridgehead atoms. The van der Waals surface area contributed by atoms with Crippen LogP contribution in [0.2, 0.25) is 0 Å². The third kappa shape index (κ3) is 3.58. The molecule has 1 heterocycles. The van der Waals surface area contributed by atoms with Crippen LogP contribution in [0.25, 0.3) is 0 Å². The molecule has 6 nitrogen and oxygen atoms in total. The number of aliphatic hydroxyl groups is 1. The molecule has 0 saturated heterocycles. The molecular formula is C18H18N2O4. The van der Waals surface area contributed by atoms with E-state index < -0.39 is 5.60 Å². The Morgan fingerprint density at radius 2 is 2.25 bits per heavy atom. The zero-order valence-corrected chi connectivity index (χ0v) is 13.1. The first kappa shape index (κ1) is 16.1. The molecule has 124 valence electrons. The molecule has 1 aromatic heterocycles. The topological polar surface area (TPSA) is 95.5 Å². The Morgan fingerprint density at radius 1 is 1.42 bits per heavy atom. The third-order valence-corrected chi connectivity index (χ3v) is 4.17. The highest BCUT2D eigenvalue weighted by molar-refractivity contribution is 5.92. The number of carbonyl (C=O) groups is 1. The van der Waals surface area contributed by atoms with Gasteiger partial charge >= 0.3 is 0 Å². The maximum Gasteiger partial charge on any atom is 0.287 e. The van der Waals surface area contributed by atoms with Gasteiger partial charge in [-0.05, 0) is 43.5 Å². The molecule has 24 heavy (non-hydrogen) atoms. The second-order valence-corrected chi connectivity index (χ2v) is 5.96. The molecular weight excluding hydrogens is 308 g/mol. The van der Waals surface area contributed by atoms with Crippen molar-refractivity contribution in [2.45, 2.75) is 31.5 Å². The van der Waals surface area contributed by atoms with Gasteiger partial charge in [0.2, 0.25) is 0 Å². The zero-order chi connectivity index (χ0) is 17.0. The largest absolute Gasteiger partial charge is 0.489 e. The van der Waals surface area contributed by atoms with Crippen molar-refractivity contribution in [1.82, 2.24) is 5.32 Å². The van der Waals surface area contributed by atoms with Gasteiger partial charge in [0.1, 0.15) is 12.4 Å². The molecule has 0 radical (unpaired) electrons. The lowest BCUT2D eigenvalue weighted by Crippen LogP contribution is -2.47. The molecule has 0 unspecified atom stereocenters. The predicted molar refractivity (Wildman–Crippen MR) is 85.3 cm³/mol. The highest BCUT2D eigenvalue weighted by Gasteiger charge is 2.35. The predicted octanol–water partition coefficient (Wildman–Crippen LogP) is 2.38. The number of nitriles is 1. The van der Waals surface area contributed by atoms with Crippen LogP contribution in [0.15, 0.2) is 41.0 Å². The van der Waals surface area contributed by atoms with Crippen LogP contribution < -0.4 is 10.1 Å². The summed E-state index contributed by atoms with van der Waals surface area (Å²) in [5.74, 6) is 0.351. The Kier molecular flexibility index (Phi) is 4.54. The van der Waals surface area contributed by atoms with Crippen molar-refractivity contribution in [1.29, 1.82) is 5.26 Å². The maximum absolute atomic E-state index is 12.2. The fourth-order valence-electron chi connectivity index (χ4n) is 2.55. The standard InChI is InChI=1S/C18H18N2O4/c19-10-13-3-1-4-15(9-13)24-11-14-5-8-23-16(14)17(21)20-12-18(22)6-2-7-18/h1,3-5,8-9,22H,2,6-7,11-12H2,(H,20,21). The van der Waals surface area contributed by atoms with E-state index in [4.69, 9.17) is 14.4 Å². The van der Waals surface area contributed by atoms with Crippen LogP contribution in [-0.2, 0) is 6.61 Å². The van der Waals surface area contributed by atoms with E-state index in [0.29, 0.717) is 29.7 Å². The summed E-state index contributed by atoms with van der Waals surface area (Å²) in [7, 11) is 0. The van der Waals surface area contributed by atoms with Crippen LogP contribution >= 0.6 is 0 Å². The molecule has 1 aliphatic carbocycles. The smallest absolute Gasteiger partial charge is 0.287 e. The summed E-state index contributed by atoms with van der Waals surface area (Å²) in [6.07, 6.45) is 3.82. The van der Waals surface area contributed by atoms with E-state index in [1.54, 1.807) is 30.3 Å². The minimum atomic E-state index is -0.781. The van der Waals surface area contributed by atoms with Crippen LogP contribution in [0.4, 0.5) is 0 Å². The molecule has 3 rings (SSSR count). The average molecular weight is 326 g/mol. The second kappa shape index (κ2) is 6.77. The summed E-state index contributed by atoms with van der Waals surface area (Å²) in [4.78, 5) is 12.2. The van der Waals surface area contributed by atoms with E-state index in [2.05, 4.69) is 5.32 Å². The number of amides is 1. The van der Waals surface area contributed by atoms with Crippen LogP contribution in [0.1, 0.15) is 40.9 Å². The van der Waals surface area contributed by atoms with Crippen molar-refractivity contribution in [3.8, 4) is 11.8 Å². The molecule has 1 aromatic carbocycles. The van der Waals surface area contributed by atoms with Gasteiger partial charge in [-0.1, -0.05) is 6.07 Å². The second-order valence-electron chi connectivity index (χ2n) is 5.96. The van der Waals surface area contributed by atoms with Crippen molar-refractivity contribution < 1.29 is 19.1 Å². The van der Waals surface area contributed by atoms with Gasteiger partial charge in [0.25, 0.3) is 5.91 Å². The van der Waals surface area contributed by atoms with Crippen LogP contribution in [0, 0.1) is 11.3 Å². The highest BCUT2D eigenvalue weighted by Crippen LogP contribution is 2.30. The van der Waals surface area contributed by atoms with E-state index in [0.717, 1.165) is 6.42 Å². The number of carbonyl (C=O) groups excluding carboxylic acids is 1. The van der Waals surface area contributed by atoms with E-state index in [1.165, 1.54) is 6.26 Å². The monoisotopic (exact) mass is 326 g/mol. The van der Waals surface area contributed by atoms with Crippen molar-refractivity contribution in [2.75, 3.05) is 6.54 Å². The van der Waals surface area contributed by atoms with Gasteiger partial charge in [0.15, 0.2) is 5.76 Å². The van der Waals surface area contributed by atoms with Gasteiger partial charge in [-0.2, -0.15) is 5.26 Å². The summed E-state index contributed by atoms with van der Waals surface area (Å²) in [5, 5.41) is 21.6. The Balaban J connectivity index is 1.60. The number of furan rings is 1. The number of hydrogen-bond acceptors (Lipinski definition) is 5. The number of ether oxygens (including phenoxy) is 1. The van der Waals surface area contributed by atoms with Crippen molar-refractivity contribution in [2.24, 2.45) is 0 Å². The molecule has 1 aliphatic rings. The van der Waals surface area contributed by atoms with Gasteiger partial charge in [0.05, 0.1) is 23.5 Å². The number of nitrogens with one attached hydrogen (secondary N) is 1. The first-order valence-electron chi connectivity index (χ1n) is 7.80. The fourth-order valence-corrected chi connectivity index (χ4v) is 2.55. The van der Waals surface area contributed by atoms with E-state index in [-0.39, 0.29) is 24.8 Å². The lowest BCUT2D eigenvalue weighted by molar-refractivity contribution is -0.0302. The quantitative estimate of drug-likeness (QED) is 0.849. The molecule has 2 aromatic rings. The highest BCUT2D eigenvalue weighted by atomic mass is 16.5. The first-order chi connectivity index (χ1) is 11.6. The van der Waals surface area contributed by atoms with Gasteiger partial charge in [-0.25, -0.2) is 0 Å². The van der Waals surface area contributed by atoms with Crippen LogP contribution in [-0.4, -0.2) is 23.2 Å². The Morgan fingerprint density at radius 3 is 2.96 bits per heavy atom.